The maximum Gasteiger partial charge on any atom is 0.0515 e. The van der Waals surface area contributed by atoms with Crippen LogP contribution in [0.25, 0.3) is 0 Å². The maximum atomic E-state index is 2.68. The van der Waals surface area contributed by atoms with E-state index < -0.39 is 28.4 Å². The standard InChI is InChI=1S/C28H40Si4/c1-5-29(25-17-9-10-18-25)30(6-2,26-19-11-12-20-26)32(8-4,28-23-15-16-24-28)31(29,7-3)27-21-13-14-22-27/h9-28H,5-8H2,1-4H3. The van der Waals surface area contributed by atoms with E-state index in [1.54, 1.807) is 0 Å². The monoisotopic (exact) mass is 488 g/mol. The highest BCUT2D eigenvalue weighted by molar-refractivity contribution is 8.15. The van der Waals surface area contributed by atoms with Gasteiger partial charge in [0.15, 0.2) is 0 Å². The third-order valence-electron chi connectivity index (χ3n) is 10.7. The molecule has 0 unspecified atom stereocenters. The second-order valence-electron chi connectivity index (χ2n) is 10.5. The Kier molecular flexibility index (Phi) is 5.80. The Labute approximate surface area is 199 Å². The van der Waals surface area contributed by atoms with Gasteiger partial charge in [0.25, 0.3) is 0 Å². The van der Waals surface area contributed by atoms with Crippen molar-refractivity contribution >= 4 is 28.4 Å². The zero-order valence-electron chi connectivity index (χ0n) is 20.4. The molecule has 1 heterocycles. The molecule has 1 saturated heterocycles. The summed E-state index contributed by atoms with van der Waals surface area (Å²) < 4.78 is 0. The molecule has 0 aromatic carbocycles. The van der Waals surface area contributed by atoms with E-state index in [1.165, 1.54) is 24.2 Å². The molecule has 168 valence electrons. The predicted octanol–water partition coefficient (Wildman–Crippen LogP) is 8.17. The summed E-state index contributed by atoms with van der Waals surface area (Å²) in [5.74, 6) is 0. The van der Waals surface area contributed by atoms with Crippen LogP contribution in [0.4, 0.5) is 0 Å². The molecule has 0 nitrogen and oxygen atoms in total. The quantitative estimate of drug-likeness (QED) is 0.302. The number of hydrogen-bond donors (Lipinski definition) is 0. The first-order valence-corrected chi connectivity index (χ1v) is 26.2. The van der Waals surface area contributed by atoms with E-state index in [4.69, 9.17) is 0 Å². The Bertz CT molecular complexity index is 773. The van der Waals surface area contributed by atoms with Crippen LogP contribution in [0.3, 0.4) is 0 Å². The van der Waals surface area contributed by atoms with E-state index >= 15 is 0 Å². The molecule has 0 N–H and O–H groups in total. The summed E-state index contributed by atoms with van der Waals surface area (Å²) in [4.78, 5) is 0. The minimum absolute atomic E-state index is 0.789. The van der Waals surface area contributed by atoms with Gasteiger partial charge in [0, 0.05) is 0 Å². The lowest BCUT2D eigenvalue weighted by Gasteiger charge is -2.84. The summed E-state index contributed by atoms with van der Waals surface area (Å²) in [7, 11) is -6.42. The lowest BCUT2D eigenvalue weighted by molar-refractivity contribution is 1.12. The maximum absolute atomic E-state index is 2.68. The first kappa shape index (κ1) is 22.6. The van der Waals surface area contributed by atoms with Crippen LogP contribution in [0.1, 0.15) is 27.7 Å². The normalized spacial score (nSPS) is 40.6. The van der Waals surface area contributed by atoms with Gasteiger partial charge in [0.2, 0.25) is 0 Å². The smallest absolute Gasteiger partial charge is 0.0515 e. The van der Waals surface area contributed by atoms with Gasteiger partial charge in [-0.1, -0.05) is 149 Å². The lowest BCUT2D eigenvalue weighted by atomic mass is 10.5. The Morgan fingerprint density at radius 1 is 0.344 bits per heavy atom. The number of rotatable bonds is 8. The predicted molar refractivity (Wildman–Crippen MR) is 153 cm³/mol. The van der Waals surface area contributed by atoms with Gasteiger partial charge in [-0.2, -0.15) is 0 Å². The fourth-order valence-electron chi connectivity index (χ4n) is 10.4. The van der Waals surface area contributed by atoms with E-state index in [0.717, 1.165) is 22.2 Å². The van der Waals surface area contributed by atoms with Gasteiger partial charge < -0.3 is 0 Å². The van der Waals surface area contributed by atoms with E-state index in [2.05, 4.69) is 125 Å². The molecular formula is C28H40Si4. The molecule has 0 amide bonds. The lowest BCUT2D eigenvalue weighted by Crippen LogP contribution is -3.09. The summed E-state index contributed by atoms with van der Waals surface area (Å²) in [6, 6.07) is 6.05. The molecule has 0 spiro atoms. The van der Waals surface area contributed by atoms with E-state index in [9.17, 15) is 0 Å². The van der Waals surface area contributed by atoms with Crippen LogP contribution in [0.15, 0.2) is 97.2 Å². The fourth-order valence-corrected chi connectivity index (χ4v) is 162. The first-order valence-electron chi connectivity index (χ1n) is 13.1. The molecule has 0 bridgehead atoms. The molecule has 0 atom stereocenters. The summed E-state index contributed by atoms with van der Waals surface area (Å²) in [6.07, 6.45) is 40.7. The molecule has 0 aromatic heterocycles. The van der Waals surface area contributed by atoms with E-state index in [0.29, 0.717) is 0 Å². The van der Waals surface area contributed by atoms with Gasteiger partial charge in [0.1, 0.15) is 0 Å². The minimum Gasteiger partial charge on any atom is -0.0809 e. The number of allylic oxidation sites excluding steroid dienone is 16. The van der Waals surface area contributed by atoms with Crippen molar-refractivity contribution in [2.24, 2.45) is 0 Å². The molecule has 4 heteroatoms. The topological polar surface area (TPSA) is 0 Å². The van der Waals surface area contributed by atoms with Crippen molar-refractivity contribution in [2.45, 2.75) is 74.0 Å². The average molecular weight is 489 g/mol. The van der Waals surface area contributed by atoms with Crippen LogP contribution >= 0.6 is 0 Å². The van der Waals surface area contributed by atoms with Crippen LogP contribution < -0.4 is 0 Å². The minimum atomic E-state index is -1.60. The largest absolute Gasteiger partial charge is 0.0809 e. The summed E-state index contributed by atoms with van der Waals surface area (Å²) >= 11 is 0. The zero-order chi connectivity index (χ0) is 22.5. The van der Waals surface area contributed by atoms with E-state index in [-0.39, 0.29) is 0 Å². The highest BCUT2D eigenvalue weighted by Crippen LogP contribution is 2.73. The fraction of sp³-hybridized carbons (Fsp3) is 0.429. The first-order chi connectivity index (χ1) is 15.7. The van der Waals surface area contributed by atoms with Gasteiger partial charge >= 0.3 is 0 Å². The Morgan fingerprint density at radius 2 is 0.500 bits per heavy atom. The second kappa shape index (κ2) is 8.22. The molecule has 5 aliphatic rings. The van der Waals surface area contributed by atoms with Crippen molar-refractivity contribution in [3.8, 4) is 0 Å². The SMILES string of the molecule is CC[Si]1(C2C=CC=C2)[Si](CC)(C2C=CC=C2)[Si](CC)(C2C=CC=C2)[Si]1(CC)C1C=CC=C1. The Hall–Kier alpha value is -1.21. The highest BCUT2D eigenvalue weighted by atomic mass is 30.2. The zero-order valence-corrected chi connectivity index (χ0v) is 24.4. The molecule has 5 rings (SSSR count). The van der Waals surface area contributed by atoms with Crippen LogP contribution in [-0.4, -0.2) is 28.4 Å². The van der Waals surface area contributed by atoms with Crippen molar-refractivity contribution in [2.75, 3.05) is 0 Å². The van der Waals surface area contributed by atoms with Gasteiger partial charge in [-0.15, -0.1) is 0 Å². The van der Waals surface area contributed by atoms with Crippen molar-refractivity contribution in [1.82, 2.24) is 0 Å². The van der Waals surface area contributed by atoms with Crippen molar-refractivity contribution in [3.63, 3.8) is 0 Å². The average Bonchev–Trinajstić information content (AvgIpc) is 3.63. The summed E-state index contributed by atoms with van der Waals surface area (Å²) in [5.41, 5.74) is 3.16. The molecule has 0 aromatic rings. The molecule has 32 heavy (non-hydrogen) atoms. The van der Waals surface area contributed by atoms with Crippen LogP contribution in [0, 0.1) is 0 Å². The third kappa shape index (κ3) is 2.28. The van der Waals surface area contributed by atoms with Gasteiger partial charge in [-0.25, -0.2) is 0 Å². The van der Waals surface area contributed by atoms with Crippen molar-refractivity contribution in [1.29, 1.82) is 0 Å². The van der Waals surface area contributed by atoms with Gasteiger partial charge in [0.05, 0.1) is 28.4 Å². The Morgan fingerprint density at radius 3 is 0.625 bits per heavy atom. The molecule has 0 radical (unpaired) electrons. The molecule has 4 aliphatic carbocycles. The summed E-state index contributed by atoms with van der Waals surface area (Å²) in [6.45, 7) is 10.6. The van der Waals surface area contributed by atoms with Crippen LogP contribution in [0.5, 0.6) is 0 Å². The third-order valence-corrected chi connectivity index (χ3v) is 104. The van der Waals surface area contributed by atoms with Gasteiger partial charge in [-0.3, -0.25) is 0 Å². The van der Waals surface area contributed by atoms with Gasteiger partial charge in [-0.05, 0) is 22.2 Å². The number of hydrogen-bond acceptors (Lipinski definition) is 0. The highest BCUT2D eigenvalue weighted by Gasteiger charge is 2.91. The summed E-state index contributed by atoms with van der Waals surface area (Å²) in [5, 5.41) is 0. The van der Waals surface area contributed by atoms with Crippen molar-refractivity contribution in [3.05, 3.63) is 97.2 Å². The Balaban J connectivity index is 1.89. The molecule has 1 fully saturated rings. The molecule has 0 saturated carbocycles. The van der Waals surface area contributed by atoms with Crippen LogP contribution in [-0.2, 0) is 0 Å². The van der Waals surface area contributed by atoms with E-state index in [1.807, 2.05) is 0 Å². The second-order valence-corrected chi connectivity index (χ2v) is 51.2. The van der Waals surface area contributed by atoms with Crippen LogP contribution in [0.2, 0.25) is 46.3 Å². The van der Waals surface area contributed by atoms with Crippen molar-refractivity contribution < 1.29 is 0 Å². The molecular weight excluding hydrogens is 449 g/mol. The molecule has 1 aliphatic heterocycles.